The molecular weight excluding hydrogens is 250 g/mol. The Morgan fingerprint density at radius 1 is 1.32 bits per heavy atom. The third kappa shape index (κ3) is 5.39. The molecule has 1 aromatic rings. The molecule has 1 aromatic carbocycles. The smallest absolute Gasteiger partial charge is 0.335 e. The lowest BCUT2D eigenvalue weighted by atomic mass is 10.2. The number of aromatic carboxylic acids is 1. The maximum absolute atomic E-state index is 11.5. The topological polar surface area (TPSA) is 84.9 Å². The Morgan fingerprint density at radius 3 is 2.47 bits per heavy atom. The maximum Gasteiger partial charge on any atom is 0.335 e. The van der Waals surface area contributed by atoms with E-state index in [2.05, 4.69) is 5.32 Å². The summed E-state index contributed by atoms with van der Waals surface area (Å²) in [5, 5.41) is 11.4. The predicted octanol–water partition coefficient (Wildman–Crippen LogP) is 0.915. The van der Waals surface area contributed by atoms with Crippen LogP contribution in [0.5, 0.6) is 5.75 Å². The molecule has 0 radical (unpaired) electrons. The first-order valence-corrected chi connectivity index (χ1v) is 5.77. The summed E-state index contributed by atoms with van der Waals surface area (Å²) >= 11 is 0. The van der Waals surface area contributed by atoms with E-state index >= 15 is 0 Å². The summed E-state index contributed by atoms with van der Waals surface area (Å²) in [5.41, 5.74) is 0.172. The van der Waals surface area contributed by atoms with Crippen LogP contribution in [0, 0.1) is 0 Å². The summed E-state index contributed by atoms with van der Waals surface area (Å²) in [4.78, 5) is 22.1. The van der Waals surface area contributed by atoms with Gasteiger partial charge in [-0.1, -0.05) is 0 Å². The predicted molar refractivity (Wildman–Crippen MR) is 68.4 cm³/mol. The standard InChI is InChI=1S/C13H17NO5/c1-9(7-18-2)14-12(15)8-19-11-5-3-10(4-6-11)13(16)17/h3-6,9H,7-8H2,1-2H3,(H,14,15)(H,16,17). The van der Waals surface area contributed by atoms with Crippen LogP contribution in [-0.2, 0) is 9.53 Å². The molecule has 0 fully saturated rings. The van der Waals surface area contributed by atoms with Crippen LogP contribution in [0.1, 0.15) is 17.3 Å². The zero-order valence-electron chi connectivity index (χ0n) is 10.9. The Bertz CT molecular complexity index is 429. The monoisotopic (exact) mass is 267 g/mol. The molecule has 1 rings (SSSR count). The first-order chi connectivity index (χ1) is 9.02. The van der Waals surface area contributed by atoms with Crippen molar-refractivity contribution in [3.8, 4) is 5.75 Å². The Kier molecular flexibility index (Phi) is 5.81. The molecule has 2 N–H and O–H groups in total. The highest BCUT2D eigenvalue weighted by Gasteiger charge is 2.08. The summed E-state index contributed by atoms with van der Waals surface area (Å²) in [7, 11) is 1.56. The van der Waals surface area contributed by atoms with Gasteiger partial charge in [0, 0.05) is 13.2 Å². The molecule has 0 heterocycles. The molecule has 1 unspecified atom stereocenters. The highest BCUT2D eigenvalue weighted by atomic mass is 16.5. The second kappa shape index (κ2) is 7.38. The second-order valence-corrected chi connectivity index (χ2v) is 4.04. The van der Waals surface area contributed by atoms with Gasteiger partial charge in [-0.2, -0.15) is 0 Å². The number of methoxy groups -OCH3 is 1. The number of hydrogen-bond acceptors (Lipinski definition) is 4. The van der Waals surface area contributed by atoms with Crippen molar-refractivity contribution in [3.63, 3.8) is 0 Å². The SMILES string of the molecule is COCC(C)NC(=O)COc1ccc(C(=O)O)cc1. The minimum Gasteiger partial charge on any atom is -0.484 e. The summed E-state index contributed by atoms with van der Waals surface area (Å²) in [6.07, 6.45) is 0. The van der Waals surface area contributed by atoms with E-state index in [1.807, 2.05) is 6.92 Å². The van der Waals surface area contributed by atoms with E-state index in [9.17, 15) is 9.59 Å². The molecule has 1 atom stereocenters. The minimum absolute atomic E-state index is 0.0875. The molecule has 0 saturated heterocycles. The third-order valence-corrected chi connectivity index (χ3v) is 2.30. The van der Waals surface area contributed by atoms with E-state index in [0.29, 0.717) is 12.4 Å². The maximum atomic E-state index is 11.5. The van der Waals surface area contributed by atoms with Crippen LogP contribution >= 0.6 is 0 Å². The Balaban J connectivity index is 2.39. The van der Waals surface area contributed by atoms with Crippen molar-refractivity contribution in [2.45, 2.75) is 13.0 Å². The number of carbonyl (C=O) groups excluding carboxylic acids is 1. The van der Waals surface area contributed by atoms with Gasteiger partial charge < -0.3 is 19.9 Å². The van der Waals surface area contributed by atoms with Gasteiger partial charge in [-0.25, -0.2) is 4.79 Å². The Labute approximate surface area is 111 Å². The molecule has 0 aliphatic carbocycles. The first-order valence-electron chi connectivity index (χ1n) is 5.77. The van der Waals surface area contributed by atoms with Crippen LogP contribution in [0.25, 0.3) is 0 Å². The number of carbonyl (C=O) groups is 2. The minimum atomic E-state index is -1.00. The van der Waals surface area contributed by atoms with Gasteiger partial charge in [-0.3, -0.25) is 4.79 Å². The number of ether oxygens (including phenoxy) is 2. The lowest BCUT2D eigenvalue weighted by Crippen LogP contribution is -2.38. The number of benzene rings is 1. The molecule has 0 saturated carbocycles. The van der Waals surface area contributed by atoms with Gasteiger partial charge in [-0.05, 0) is 31.2 Å². The number of amides is 1. The molecule has 0 bridgehead atoms. The van der Waals surface area contributed by atoms with Crippen LogP contribution in [0.15, 0.2) is 24.3 Å². The first kappa shape index (κ1) is 15.0. The molecule has 0 aromatic heterocycles. The zero-order valence-corrected chi connectivity index (χ0v) is 10.9. The summed E-state index contributed by atoms with van der Waals surface area (Å²) in [6.45, 7) is 2.13. The van der Waals surface area contributed by atoms with Gasteiger partial charge in [0.05, 0.1) is 12.2 Å². The van der Waals surface area contributed by atoms with E-state index in [0.717, 1.165) is 0 Å². The normalized spacial score (nSPS) is 11.7. The summed E-state index contributed by atoms with van der Waals surface area (Å²) < 4.78 is 10.1. The van der Waals surface area contributed by atoms with Crippen LogP contribution in [0.4, 0.5) is 0 Å². The van der Waals surface area contributed by atoms with E-state index in [1.54, 1.807) is 7.11 Å². The highest BCUT2D eigenvalue weighted by Crippen LogP contribution is 2.11. The van der Waals surface area contributed by atoms with E-state index in [-0.39, 0.29) is 24.1 Å². The highest BCUT2D eigenvalue weighted by molar-refractivity contribution is 5.87. The van der Waals surface area contributed by atoms with Crippen molar-refractivity contribution < 1.29 is 24.2 Å². The van der Waals surface area contributed by atoms with Crippen molar-refractivity contribution in [1.82, 2.24) is 5.32 Å². The Morgan fingerprint density at radius 2 is 1.95 bits per heavy atom. The molecule has 19 heavy (non-hydrogen) atoms. The number of rotatable bonds is 7. The van der Waals surface area contributed by atoms with E-state index < -0.39 is 5.97 Å². The number of carboxylic acids is 1. The van der Waals surface area contributed by atoms with Crippen molar-refractivity contribution in [3.05, 3.63) is 29.8 Å². The number of carboxylic acid groups (broad SMARTS) is 1. The number of nitrogens with one attached hydrogen (secondary N) is 1. The van der Waals surface area contributed by atoms with Crippen LogP contribution in [0.2, 0.25) is 0 Å². The van der Waals surface area contributed by atoms with Crippen molar-refractivity contribution in [2.75, 3.05) is 20.3 Å². The molecule has 6 nitrogen and oxygen atoms in total. The molecule has 0 spiro atoms. The van der Waals surface area contributed by atoms with Gasteiger partial charge in [-0.15, -0.1) is 0 Å². The quantitative estimate of drug-likeness (QED) is 0.767. The third-order valence-electron chi connectivity index (χ3n) is 2.30. The van der Waals surface area contributed by atoms with E-state index in [1.165, 1.54) is 24.3 Å². The van der Waals surface area contributed by atoms with Gasteiger partial charge in [0.2, 0.25) is 0 Å². The molecular formula is C13H17NO5. The average molecular weight is 267 g/mol. The molecule has 0 aliphatic rings. The Hall–Kier alpha value is -2.08. The molecule has 0 aliphatic heterocycles. The summed E-state index contributed by atoms with van der Waals surface area (Å²) in [6, 6.07) is 5.77. The zero-order chi connectivity index (χ0) is 14.3. The van der Waals surface area contributed by atoms with Gasteiger partial charge in [0.25, 0.3) is 5.91 Å². The lowest BCUT2D eigenvalue weighted by molar-refractivity contribution is -0.124. The fourth-order valence-electron chi connectivity index (χ4n) is 1.45. The van der Waals surface area contributed by atoms with Crippen LogP contribution in [0.3, 0.4) is 0 Å². The average Bonchev–Trinajstić information content (AvgIpc) is 2.37. The van der Waals surface area contributed by atoms with Crippen molar-refractivity contribution >= 4 is 11.9 Å². The summed E-state index contributed by atoms with van der Waals surface area (Å²) in [5.74, 6) is -0.816. The van der Waals surface area contributed by atoms with Crippen LogP contribution < -0.4 is 10.1 Å². The van der Waals surface area contributed by atoms with Crippen LogP contribution in [-0.4, -0.2) is 43.3 Å². The molecule has 1 amide bonds. The fourth-order valence-corrected chi connectivity index (χ4v) is 1.45. The van der Waals surface area contributed by atoms with Gasteiger partial charge in [0.15, 0.2) is 6.61 Å². The largest absolute Gasteiger partial charge is 0.484 e. The molecule has 104 valence electrons. The van der Waals surface area contributed by atoms with Crippen molar-refractivity contribution in [2.24, 2.45) is 0 Å². The van der Waals surface area contributed by atoms with Gasteiger partial charge >= 0.3 is 5.97 Å². The van der Waals surface area contributed by atoms with Crippen molar-refractivity contribution in [1.29, 1.82) is 0 Å². The lowest BCUT2D eigenvalue weighted by Gasteiger charge is -2.13. The number of hydrogen-bond donors (Lipinski definition) is 2. The van der Waals surface area contributed by atoms with E-state index in [4.69, 9.17) is 14.6 Å². The van der Waals surface area contributed by atoms with Gasteiger partial charge in [0.1, 0.15) is 5.75 Å². The second-order valence-electron chi connectivity index (χ2n) is 4.04. The molecule has 6 heteroatoms. The fraction of sp³-hybridized carbons (Fsp3) is 0.385.